The Kier molecular flexibility index (Phi) is 3.94. The van der Waals surface area contributed by atoms with E-state index < -0.39 is 15.5 Å². The largest absolute Gasteiger partial charge is 0.386 e. The normalized spacial score (nSPS) is 11.2. The lowest BCUT2D eigenvalue weighted by Gasteiger charge is -1.99. The second-order valence-electron chi connectivity index (χ2n) is 2.92. The van der Waals surface area contributed by atoms with E-state index in [9.17, 15) is 20.2 Å². The van der Waals surface area contributed by atoms with Gasteiger partial charge in [-0.2, -0.15) is 0 Å². The molecule has 1 rings (SSSR count). The van der Waals surface area contributed by atoms with Gasteiger partial charge in [0.15, 0.2) is 0 Å². The molecule has 0 aliphatic heterocycles. The minimum Gasteiger partial charge on any atom is -0.386 e. The second kappa shape index (κ2) is 5.21. The molecule has 8 nitrogen and oxygen atoms in total. The maximum atomic E-state index is 10.7. The highest BCUT2D eigenvalue weighted by atomic mass is 35.5. The van der Waals surface area contributed by atoms with Gasteiger partial charge in [0.1, 0.15) is 11.5 Å². The molecule has 0 aliphatic rings. The van der Waals surface area contributed by atoms with Gasteiger partial charge in [0, 0.05) is 6.07 Å². The Morgan fingerprint density at radius 1 is 1.35 bits per heavy atom. The molecule has 90 valence electrons. The molecule has 1 aromatic rings. The molecule has 0 radical (unpaired) electrons. The highest BCUT2D eigenvalue weighted by molar-refractivity contribution is 6.28. The smallest absolute Gasteiger partial charge is 0.301 e. The van der Waals surface area contributed by atoms with E-state index >= 15 is 0 Å². The Morgan fingerprint density at radius 2 is 2.00 bits per heavy atom. The molecular weight excluding hydrogens is 252 g/mol. The first-order chi connectivity index (χ1) is 7.95. The predicted octanol–water partition coefficient (Wildman–Crippen LogP) is 1.73. The van der Waals surface area contributed by atoms with Gasteiger partial charge in [-0.15, -0.1) is 11.6 Å². The summed E-state index contributed by atoms with van der Waals surface area (Å²) in [4.78, 5) is 23.4. The summed E-state index contributed by atoms with van der Waals surface area (Å²) in [6, 6.07) is 3.07. The van der Waals surface area contributed by atoms with Crippen molar-refractivity contribution in [3.8, 4) is 0 Å². The molecule has 0 aliphatic carbocycles. The zero-order valence-electron chi connectivity index (χ0n) is 8.37. The Morgan fingerprint density at radius 3 is 2.47 bits per heavy atom. The van der Waals surface area contributed by atoms with E-state index in [0.29, 0.717) is 0 Å². The van der Waals surface area contributed by atoms with Crippen LogP contribution in [0.4, 0.5) is 17.1 Å². The van der Waals surface area contributed by atoms with E-state index in [-0.39, 0.29) is 23.1 Å². The van der Waals surface area contributed by atoms with Crippen molar-refractivity contribution >= 4 is 34.5 Å². The second-order valence-corrected chi connectivity index (χ2v) is 3.19. The topological polar surface area (TPSA) is 125 Å². The molecule has 0 saturated carbocycles. The molecular formula is C8H7ClN4O4. The number of nitrogens with zero attached hydrogens (tertiary/aromatic N) is 3. The van der Waals surface area contributed by atoms with Crippen LogP contribution in [0.3, 0.4) is 0 Å². The van der Waals surface area contributed by atoms with E-state index in [1.165, 1.54) is 0 Å². The molecule has 0 spiro atoms. The minimum atomic E-state index is -0.770. The summed E-state index contributed by atoms with van der Waals surface area (Å²) in [7, 11) is 0. The molecule has 0 aromatic heterocycles. The van der Waals surface area contributed by atoms with E-state index in [1.807, 2.05) is 0 Å². The van der Waals surface area contributed by atoms with Crippen molar-refractivity contribution in [2.75, 3.05) is 5.88 Å². The molecule has 0 heterocycles. The Hall–Kier alpha value is -2.22. The van der Waals surface area contributed by atoms with Crippen molar-refractivity contribution < 1.29 is 9.85 Å². The van der Waals surface area contributed by atoms with Crippen LogP contribution in [-0.4, -0.2) is 21.6 Å². The van der Waals surface area contributed by atoms with Gasteiger partial charge >= 0.3 is 5.69 Å². The predicted molar refractivity (Wildman–Crippen MR) is 61.8 cm³/mol. The number of rotatable bonds is 4. The van der Waals surface area contributed by atoms with Crippen LogP contribution in [0, 0.1) is 20.2 Å². The molecule has 9 heteroatoms. The van der Waals surface area contributed by atoms with Crippen LogP contribution in [-0.2, 0) is 0 Å². The minimum absolute atomic E-state index is 0.0105. The summed E-state index contributed by atoms with van der Waals surface area (Å²) in [6.07, 6.45) is 0. The standard InChI is InChI=1S/C8H7ClN4O4/c9-4-8(10)11-6-2-1-5(12(14)15)3-7(6)13(16)17/h1-3H,4H2,(H2,10,11). The van der Waals surface area contributed by atoms with E-state index in [1.54, 1.807) is 0 Å². The van der Waals surface area contributed by atoms with Crippen molar-refractivity contribution in [3.63, 3.8) is 0 Å². The van der Waals surface area contributed by atoms with Crippen molar-refractivity contribution in [3.05, 3.63) is 38.4 Å². The summed E-state index contributed by atoms with van der Waals surface area (Å²) in [5, 5.41) is 21.2. The summed E-state index contributed by atoms with van der Waals surface area (Å²) in [6.45, 7) is 0. The molecule has 0 saturated heterocycles. The third-order valence-electron chi connectivity index (χ3n) is 1.77. The number of hydrogen-bond acceptors (Lipinski definition) is 5. The zero-order valence-corrected chi connectivity index (χ0v) is 9.13. The number of nitro groups is 2. The maximum Gasteiger partial charge on any atom is 0.301 e. The van der Waals surface area contributed by atoms with Crippen LogP contribution in [0.15, 0.2) is 23.2 Å². The van der Waals surface area contributed by atoms with Crippen LogP contribution in [0.1, 0.15) is 0 Å². The number of nitrogens with two attached hydrogens (primary N) is 1. The van der Waals surface area contributed by atoms with Gasteiger partial charge in [-0.05, 0) is 6.07 Å². The van der Waals surface area contributed by atoms with Gasteiger partial charge in [0.25, 0.3) is 5.69 Å². The highest BCUT2D eigenvalue weighted by Crippen LogP contribution is 2.31. The van der Waals surface area contributed by atoms with Crippen molar-refractivity contribution in [1.82, 2.24) is 0 Å². The number of hydrogen-bond donors (Lipinski definition) is 1. The van der Waals surface area contributed by atoms with Crippen molar-refractivity contribution in [1.29, 1.82) is 0 Å². The number of amidine groups is 1. The molecule has 0 unspecified atom stereocenters. The fourth-order valence-electron chi connectivity index (χ4n) is 1.05. The lowest BCUT2D eigenvalue weighted by Crippen LogP contribution is -2.12. The quantitative estimate of drug-likeness (QED) is 0.289. The van der Waals surface area contributed by atoms with Crippen LogP contribution in [0.2, 0.25) is 0 Å². The Balaban J connectivity index is 3.32. The van der Waals surface area contributed by atoms with E-state index in [4.69, 9.17) is 17.3 Å². The SMILES string of the molecule is NC(CCl)=Nc1ccc([N+](=O)[O-])cc1[N+](=O)[O-]. The van der Waals surface area contributed by atoms with Crippen LogP contribution in [0.5, 0.6) is 0 Å². The Labute approximate surface area is 100 Å². The van der Waals surface area contributed by atoms with Crippen molar-refractivity contribution in [2.24, 2.45) is 10.7 Å². The lowest BCUT2D eigenvalue weighted by atomic mass is 10.2. The molecule has 1 aromatic carbocycles. The highest BCUT2D eigenvalue weighted by Gasteiger charge is 2.19. The van der Waals surface area contributed by atoms with Gasteiger partial charge in [-0.1, -0.05) is 0 Å². The third-order valence-corrected chi connectivity index (χ3v) is 2.04. The molecule has 0 bridgehead atoms. The van der Waals surface area contributed by atoms with Crippen LogP contribution < -0.4 is 5.73 Å². The first-order valence-electron chi connectivity index (χ1n) is 4.27. The van der Waals surface area contributed by atoms with Crippen LogP contribution in [0.25, 0.3) is 0 Å². The first kappa shape index (κ1) is 12.8. The Bertz CT molecular complexity index is 502. The number of aliphatic imine (C=N–C) groups is 1. The van der Waals surface area contributed by atoms with Gasteiger partial charge in [-0.3, -0.25) is 20.2 Å². The fourth-order valence-corrected chi connectivity index (χ4v) is 1.11. The van der Waals surface area contributed by atoms with Gasteiger partial charge in [0.05, 0.1) is 21.8 Å². The summed E-state index contributed by atoms with van der Waals surface area (Å²) >= 11 is 5.38. The third kappa shape index (κ3) is 3.11. The molecule has 17 heavy (non-hydrogen) atoms. The molecule has 0 amide bonds. The van der Waals surface area contributed by atoms with Gasteiger partial charge in [-0.25, -0.2) is 4.99 Å². The number of nitro benzene ring substituents is 2. The average molecular weight is 259 g/mol. The fraction of sp³-hybridized carbons (Fsp3) is 0.125. The molecule has 0 atom stereocenters. The van der Waals surface area contributed by atoms with Gasteiger partial charge < -0.3 is 5.73 Å². The van der Waals surface area contributed by atoms with E-state index in [0.717, 1.165) is 18.2 Å². The summed E-state index contributed by atoms with van der Waals surface area (Å²) in [5.41, 5.74) is 4.38. The first-order valence-corrected chi connectivity index (χ1v) is 4.81. The number of alkyl halides is 1. The zero-order chi connectivity index (χ0) is 13.0. The van der Waals surface area contributed by atoms with E-state index in [2.05, 4.69) is 4.99 Å². The lowest BCUT2D eigenvalue weighted by molar-refractivity contribution is -0.393. The maximum absolute atomic E-state index is 10.7. The van der Waals surface area contributed by atoms with Crippen LogP contribution >= 0.6 is 11.6 Å². The summed E-state index contributed by atoms with van der Waals surface area (Å²) < 4.78 is 0. The van der Waals surface area contributed by atoms with Gasteiger partial charge in [0.2, 0.25) is 0 Å². The number of non-ortho nitro benzene ring substituents is 1. The average Bonchev–Trinajstić information content (AvgIpc) is 2.28. The molecule has 2 N–H and O–H groups in total. The summed E-state index contributed by atoms with van der Waals surface area (Å²) in [5.74, 6) is -0.0997. The molecule has 0 fully saturated rings. The monoisotopic (exact) mass is 258 g/mol. The number of halogens is 1. The van der Waals surface area contributed by atoms with Crippen molar-refractivity contribution in [2.45, 2.75) is 0 Å². The number of benzene rings is 1.